The van der Waals surface area contributed by atoms with Crippen molar-refractivity contribution >= 4 is 11.5 Å². The Balaban J connectivity index is 1.71. The summed E-state index contributed by atoms with van der Waals surface area (Å²) in [5, 5.41) is 4.27. The van der Waals surface area contributed by atoms with Crippen molar-refractivity contribution in [1.29, 1.82) is 0 Å². The van der Waals surface area contributed by atoms with E-state index < -0.39 is 5.60 Å². The van der Waals surface area contributed by atoms with Gasteiger partial charge in [-0.3, -0.25) is 4.79 Å². The number of fused-ring (bicyclic) bond motifs is 1. The summed E-state index contributed by atoms with van der Waals surface area (Å²) in [4.78, 5) is 21.2. The normalized spacial score (nSPS) is 13.1. The van der Waals surface area contributed by atoms with Gasteiger partial charge in [-0.15, -0.1) is 0 Å². The van der Waals surface area contributed by atoms with Crippen molar-refractivity contribution in [2.75, 3.05) is 0 Å². The zero-order valence-electron chi connectivity index (χ0n) is 19.5. The van der Waals surface area contributed by atoms with Crippen molar-refractivity contribution in [2.24, 2.45) is 0 Å². The Hall–Kier alpha value is -2.70. The Morgan fingerprint density at radius 1 is 1.26 bits per heavy atom. The largest absolute Gasteiger partial charge is 0.460 e. The molecule has 0 amide bonds. The van der Waals surface area contributed by atoms with E-state index in [1.807, 2.05) is 43.8 Å². The highest BCUT2D eigenvalue weighted by atomic mass is 16.6. The van der Waals surface area contributed by atoms with E-state index in [2.05, 4.69) is 37.0 Å². The summed E-state index contributed by atoms with van der Waals surface area (Å²) >= 11 is 0. The van der Waals surface area contributed by atoms with Crippen LogP contribution in [-0.2, 0) is 9.53 Å². The second kappa shape index (κ2) is 9.62. The molecule has 0 saturated heterocycles. The molecule has 1 unspecified atom stereocenters. The van der Waals surface area contributed by atoms with Crippen molar-refractivity contribution < 1.29 is 14.1 Å². The molecule has 31 heavy (non-hydrogen) atoms. The van der Waals surface area contributed by atoms with Gasteiger partial charge < -0.3 is 13.7 Å². The number of pyridine rings is 1. The Morgan fingerprint density at radius 2 is 2.03 bits per heavy atom. The number of aromatic nitrogens is 4. The second-order valence-corrected chi connectivity index (χ2v) is 9.41. The molecule has 0 aromatic carbocycles. The van der Waals surface area contributed by atoms with Crippen LogP contribution in [0, 0.1) is 0 Å². The number of nitrogens with zero attached hydrogens (tertiary/aromatic N) is 4. The van der Waals surface area contributed by atoms with Gasteiger partial charge in [0.25, 0.3) is 5.89 Å². The van der Waals surface area contributed by atoms with Crippen molar-refractivity contribution in [3.8, 4) is 11.5 Å². The fraction of sp³-hybridized carbons (Fsp3) is 0.583. The van der Waals surface area contributed by atoms with Gasteiger partial charge in [0.2, 0.25) is 0 Å². The highest BCUT2D eigenvalue weighted by Gasteiger charge is 2.21. The lowest BCUT2D eigenvalue weighted by Crippen LogP contribution is -2.23. The van der Waals surface area contributed by atoms with E-state index in [0.29, 0.717) is 24.1 Å². The van der Waals surface area contributed by atoms with Gasteiger partial charge in [0.15, 0.2) is 5.82 Å². The van der Waals surface area contributed by atoms with Gasteiger partial charge in [0.1, 0.15) is 5.60 Å². The first-order valence-corrected chi connectivity index (χ1v) is 11.2. The van der Waals surface area contributed by atoms with E-state index in [1.165, 1.54) is 0 Å². The molecule has 0 fully saturated rings. The third kappa shape index (κ3) is 5.93. The van der Waals surface area contributed by atoms with Crippen molar-refractivity contribution in [1.82, 2.24) is 19.5 Å². The number of ether oxygens (including phenoxy) is 1. The first-order chi connectivity index (χ1) is 14.7. The van der Waals surface area contributed by atoms with E-state index in [1.54, 1.807) is 0 Å². The van der Waals surface area contributed by atoms with Gasteiger partial charge in [-0.1, -0.05) is 32.3 Å². The Bertz CT molecular complexity index is 1010. The number of hydrogen-bond acceptors (Lipinski definition) is 6. The Kier molecular flexibility index (Phi) is 7.13. The molecule has 3 heterocycles. The third-order valence-electron chi connectivity index (χ3n) is 5.16. The first-order valence-electron chi connectivity index (χ1n) is 11.2. The van der Waals surface area contributed by atoms with Gasteiger partial charge in [-0.2, -0.15) is 4.98 Å². The van der Waals surface area contributed by atoms with Crippen LogP contribution in [0.15, 0.2) is 29.2 Å². The molecule has 0 spiro atoms. The molecule has 7 heteroatoms. The van der Waals surface area contributed by atoms with Crippen LogP contribution in [0.25, 0.3) is 17.0 Å². The molecule has 1 atom stereocenters. The van der Waals surface area contributed by atoms with Gasteiger partial charge in [0, 0.05) is 24.1 Å². The quantitative estimate of drug-likeness (QED) is 0.396. The van der Waals surface area contributed by atoms with Gasteiger partial charge in [-0.05, 0) is 58.1 Å². The molecule has 3 aromatic rings. The molecular formula is C24H34N4O3. The summed E-state index contributed by atoms with van der Waals surface area (Å²) in [6.45, 7) is 12.1. The number of carbonyl (C=O) groups is 1. The minimum absolute atomic E-state index is 0.161. The number of imidazole rings is 1. The Morgan fingerprint density at radius 3 is 2.71 bits per heavy atom. The summed E-state index contributed by atoms with van der Waals surface area (Å²) in [6.07, 6.45) is 7.73. The molecule has 0 aliphatic carbocycles. The maximum Gasteiger partial charge on any atom is 0.306 e. The van der Waals surface area contributed by atoms with E-state index >= 15 is 0 Å². The monoisotopic (exact) mass is 426 g/mol. The van der Waals surface area contributed by atoms with Gasteiger partial charge in [0.05, 0.1) is 17.5 Å². The summed E-state index contributed by atoms with van der Waals surface area (Å²) in [5.74, 6) is 1.55. The smallest absolute Gasteiger partial charge is 0.306 e. The zero-order valence-corrected chi connectivity index (χ0v) is 19.5. The van der Waals surface area contributed by atoms with Crippen molar-refractivity contribution in [3.63, 3.8) is 0 Å². The maximum absolute atomic E-state index is 12.0. The second-order valence-electron chi connectivity index (χ2n) is 9.41. The average Bonchev–Trinajstić information content (AvgIpc) is 3.32. The standard InChI is InChI=1S/C24H34N4O3/c1-7-9-17(10-8-11-20(29)30-24(4,5)6)22-26-23(31-27-22)18-12-13-28-15-25-21(16(2)3)19(28)14-18/h12-17H,7-11H2,1-6H3. The number of carbonyl (C=O) groups excluding carboxylic acids is 1. The molecule has 3 aromatic heterocycles. The molecule has 168 valence electrons. The topological polar surface area (TPSA) is 82.5 Å². The van der Waals surface area contributed by atoms with Crippen LogP contribution in [0.1, 0.15) is 97.0 Å². The van der Waals surface area contributed by atoms with Crippen LogP contribution in [-0.4, -0.2) is 31.1 Å². The predicted molar refractivity (Wildman–Crippen MR) is 120 cm³/mol. The van der Waals surface area contributed by atoms with E-state index in [4.69, 9.17) is 14.2 Å². The maximum atomic E-state index is 12.0. The highest BCUT2D eigenvalue weighted by molar-refractivity contribution is 5.69. The third-order valence-corrected chi connectivity index (χ3v) is 5.16. The molecule has 0 N–H and O–H groups in total. The van der Waals surface area contributed by atoms with Crippen LogP contribution < -0.4 is 0 Å². The van der Waals surface area contributed by atoms with Crippen LogP contribution in [0.3, 0.4) is 0 Å². The molecule has 0 saturated carbocycles. The first kappa shape index (κ1) is 23.0. The SMILES string of the molecule is CCCC(CCCC(=O)OC(C)(C)C)c1noc(-c2ccn3cnc(C(C)C)c3c2)n1. The van der Waals surface area contributed by atoms with E-state index in [-0.39, 0.29) is 11.9 Å². The minimum atomic E-state index is -0.450. The van der Waals surface area contributed by atoms with Crippen LogP contribution in [0.2, 0.25) is 0 Å². The lowest BCUT2D eigenvalue weighted by molar-refractivity contribution is -0.154. The lowest BCUT2D eigenvalue weighted by atomic mass is 9.96. The summed E-state index contributed by atoms with van der Waals surface area (Å²) in [5.41, 5.74) is 2.54. The number of rotatable bonds is 9. The van der Waals surface area contributed by atoms with Crippen LogP contribution in [0.4, 0.5) is 0 Å². The fourth-order valence-corrected chi connectivity index (χ4v) is 3.74. The van der Waals surface area contributed by atoms with Crippen molar-refractivity contribution in [3.05, 3.63) is 36.2 Å². The molecule has 0 aliphatic heterocycles. The number of hydrogen-bond donors (Lipinski definition) is 0. The van der Waals surface area contributed by atoms with E-state index in [9.17, 15) is 4.79 Å². The molecule has 0 bridgehead atoms. The molecule has 0 radical (unpaired) electrons. The Labute approximate surface area is 184 Å². The van der Waals surface area contributed by atoms with Crippen molar-refractivity contribution in [2.45, 2.75) is 91.1 Å². The fourth-order valence-electron chi connectivity index (χ4n) is 3.74. The molecule has 3 rings (SSSR count). The predicted octanol–water partition coefficient (Wildman–Crippen LogP) is 5.90. The van der Waals surface area contributed by atoms with Crippen LogP contribution >= 0.6 is 0 Å². The highest BCUT2D eigenvalue weighted by Crippen LogP contribution is 2.29. The molecule has 0 aliphatic rings. The summed E-state index contributed by atoms with van der Waals surface area (Å²) in [7, 11) is 0. The zero-order chi connectivity index (χ0) is 22.6. The average molecular weight is 427 g/mol. The minimum Gasteiger partial charge on any atom is -0.460 e. The summed E-state index contributed by atoms with van der Waals surface area (Å²) < 4.78 is 13.0. The lowest BCUT2D eigenvalue weighted by Gasteiger charge is -2.19. The summed E-state index contributed by atoms with van der Waals surface area (Å²) in [6, 6.07) is 4.02. The van der Waals surface area contributed by atoms with Gasteiger partial charge in [-0.25, -0.2) is 4.98 Å². The molecular weight excluding hydrogens is 392 g/mol. The van der Waals surface area contributed by atoms with Gasteiger partial charge >= 0.3 is 5.97 Å². The van der Waals surface area contributed by atoms with E-state index in [0.717, 1.165) is 42.5 Å². The van der Waals surface area contributed by atoms with Crippen LogP contribution in [0.5, 0.6) is 0 Å². The molecule has 7 nitrogen and oxygen atoms in total. The number of esters is 1.